The minimum atomic E-state index is -0.464. The number of primary amides is 1. The minimum absolute atomic E-state index is 0.0407. The van der Waals surface area contributed by atoms with Crippen LogP contribution in [-0.2, 0) is 0 Å². The summed E-state index contributed by atoms with van der Waals surface area (Å²) in [6.07, 6.45) is 0. The number of Topliss-reactive ketones (excluding diaryl/α,β-unsaturated/α-hetero) is 1. The van der Waals surface area contributed by atoms with E-state index in [0.717, 1.165) is 10.7 Å². The first kappa shape index (κ1) is 12.3. The molecule has 0 radical (unpaired) electrons. The Balaban J connectivity index is 2.20. The second kappa shape index (κ2) is 5.01. The molecule has 0 aliphatic carbocycles. The van der Waals surface area contributed by atoms with Gasteiger partial charge in [0.2, 0.25) is 5.91 Å². The van der Waals surface area contributed by atoms with Gasteiger partial charge in [0.1, 0.15) is 0 Å². The number of benzene rings is 1. The SMILES string of the molecule is CC(=O)c1ccc(Nc2cccc(C(N)=O)c2)s1. The van der Waals surface area contributed by atoms with Gasteiger partial charge in [-0.1, -0.05) is 6.07 Å². The third kappa shape index (κ3) is 2.75. The summed E-state index contributed by atoms with van der Waals surface area (Å²) in [6.45, 7) is 1.53. The second-order valence-corrected chi connectivity index (χ2v) is 4.87. The van der Waals surface area contributed by atoms with E-state index in [2.05, 4.69) is 5.32 Å². The Morgan fingerprint density at radius 2 is 2.00 bits per heavy atom. The van der Waals surface area contributed by atoms with Gasteiger partial charge >= 0.3 is 0 Å². The molecule has 4 nitrogen and oxygen atoms in total. The van der Waals surface area contributed by atoms with E-state index in [-0.39, 0.29) is 5.78 Å². The van der Waals surface area contributed by atoms with Crippen molar-refractivity contribution < 1.29 is 9.59 Å². The molecule has 0 aliphatic rings. The van der Waals surface area contributed by atoms with E-state index in [4.69, 9.17) is 5.73 Å². The molecule has 1 aromatic heterocycles. The fraction of sp³-hybridized carbons (Fsp3) is 0.0769. The third-order valence-corrected chi connectivity index (χ3v) is 3.47. The zero-order valence-corrected chi connectivity index (χ0v) is 10.6. The van der Waals surface area contributed by atoms with Crippen molar-refractivity contribution in [2.45, 2.75) is 6.92 Å². The summed E-state index contributed by atoms with van der Waals surface area (Å²) < 4.78 is 0. The third-order valence-electron chi connectivity index (χ3n) is 2.37. The van der Waals surface area contributed by atoms with Crippen LogP contribution in [0.5, 0.6) is 0 Å². The molecule has 0 fully saturated rings. The molecule has 5 heteroatoms. The Kier molecular flexibility index (Phi) is 3.43. The number of carbonyl (C=O) groups is 2. The van der Waals surface area contributed by atoms with E-state index in [9.17, 15) is 9.59 Å². The first-order valence-electron chi connectivity index (χ1n) is 5.34. The highest BCUT2D eigenvalue weighted by Crippen LogP contribution is 2.26. The van der Waals surface area contributed by atoms with Crippen molar-refractivity contribution in [1.82, 2.24) is 0 Å². The standard InChI is InChI=1S/C13H12N2O2S/c1-8(16)11-5-6-12(18-11)15-10-4-2-3-9(7-10)13(14)17/h2-7,15H,1H3,(H2,14,17). The first-order chi connectivity index (χ1) is 8.56. The number of hydrogen-bond acceptors (Lipinski definition) is 4. The molecule has 0 atom stereocenters. The monoisotopic (exact) mass is 260 g/mol. The van der Waals surface area contributed by atoms with Crippen molar-refractivity contribution in [2.75, 3.05) is 5.32 Å². The fourth-order valence-corrected chi connectivity index (χ4v) is 2.31. The van der Waals surface area contributed by atoms with Crippen molar-refractivity contribution in [3.05, 3.63) is 46.8 Å². The van der Waals surface area contributed by atoms with E-state index in [1.807, 2.05) is 12.1 Å². The Hall–Kier alpha value is -2.14. The zero-order valence-electron chi connectivity index (χ0n) is 9.77. The molecule has 18 heavy (non-hydrogen) atoms. The maximum atomic E-state index is 11.2. The quantitative estimate of drug-likeness (QED) is 0.830. The summed E-state index contributed by atoms with van der Waals surface area (Å²) in [5, 5.41) is 3.98. The highest BCUT2D eigenvalue weighted by molar-refractivity contribution is 7.18. The summed E-state index contributed by atoms with van der Waals surface area (Å²) in [5.41, 5.74) is 6.43. The van der Waals surface area contributed by atoms with Crippen LogP contribution in [0, 0.1) is 0 Å². The lowest BCUT2D eigenvalue weighted by molar-refractivity contribution is 0.0997. The molecule has 0 saturated heterocycles. The topological polar surface area (TPSA) is 72.2 Å². The molecule has 1 heterocycles. The largest absolute Gasteiger partial charge is 0.366 e. The van der Waals surface area contributed by atoms with Gasteiger partial charge in [-0.2, -0.15) is 0 Å². The lowest BCUT2D eigenvalue weighted by atomic mass is 10.2. The predicted molar refractivity (Wildman–Crippen MR) is 72.6 cm³/mol. The first-order valence-corrected chi connectivity index (χ1v) is 6.15. The number of thiophene rings is 1. The van der Waals surface area contributed by atoms with Gasteiger partial charge < -0.3 is 11.1 Å². The van der Waals surface area contributed by atoms with Crippen LogP contribution in [0.15, 0.2) is 36.4 Å². The normalized spacial score (nSPS) is 10.1. The van der Waals surface area contributed by atoms with Crippen molar-refractivity contribution in [1.29, 1.82) is 0 Å². The molecule has 92 valence electrons. The number of rotatable bonds is 4. The molecular formula is C13H12N2O2S. The van der Waals surface area contributed by atoms with Gasteiger partial charge in [-0.25, -0.2) is 0 Å². The molecule has 1 aromatic carbocycles. The van der Waals surface area contributed by atoms with E-state index in [1.165, 1.54) is 18.3 Å². The molecule has 2 aromatic rings. The van der Waals surface area contributed by atoms with Crippen molar-refractivity contribution in [3.8, 4) is 0 Å². The van der Waals surface area contributed by atoms with Crippen molar-refractivity contribution in [3.63, 3.8) is 0 Å². The average Bonchev–Trinajstić information content (AvgIpc) is 2.78. The molecule has 2 rings (SSSR count). The Bertz CT molecular complexity index is 605. The van der Waals surface area contributed by atoms with Gasteiger partial charge in [-0.3, -0.25) is 9.59 Å². The average molecular weight is 260 g/mol. The fourth-order valence-electron chi connectivity index (χ4n) is 1.49. The summed E-state index contributed by atoms with van der Waals surface area (Å²) >= 11 is 1.37. The minimum Gasteiger partial charge on any atom is -0.366 e. The number of hydrogen-bond donors (Lipinski definition) is 2. The van der Waals surface area contributed by atoms with Gasteiger partial charge in [-0.15, -0.1) is 11.3 Å². The van der Waals surface area contributed by atoms with E-state index in [1.54, 1.807) is 24.3 Å². The number of nitrogens with one attached hydrogen (secondary N) is 1. The summed E-state index contributed by atoms with van der Waals surface area (Å²) in [7, 11) is 0. The van der Waals surface area contributed by atoms with E-state index >= 15 is 0 Å². The van der Waals surface area contributed by atoms with Crippen LogP contribution >= 0.6 is 11.3 Å². The molecule has 3 N–H and O–H groups in total. The Labute approximate surface area is 108 Å². The van der Waals surface area contributed by atoms with Crippen LogP contribution in [0.2, 0.25) is 0 Å². The maximum Gasteiger partial charge on any atom is 0.248 e. The number of ketones is 1. The number of carbonyl (C=O) groups excluding carboxylic acids is 2. The van der Waals surface area contributed by atoms with Crippen LogP contribution in [0.4, 0.5) is 10.7 Å². The summed E-state index contributed by atoms with van der Waals surface area (Å²) in [5.74, 6) is -0.423. The van der Waals surface area contributed by atoms with E-state index < -0.39 is 5.91 Å². The number of nitrogens with two attached hydrogens (primary N) is 1. The molecular weight excluding hydrogens is 248 g/mol. The summed E-state index contributed by atoms with van der Waals surface area (Å²) in [6, 6.07) is 10.5. The summed E-state index contributed by atoms with van der Waals surface area (Å²) in [4.78, 5) is 22.9. The molecule has 0 aliphatic heterocycles. The predicted octanol–water partition coefficient (Wildman–Crippen LogP) is 2.79. The van der Waals surface area contributed by atoms with Crippen LogP contribution in [0.1, 0.15) is 27.0 Å². The van der Waals surface area contributed by atoms with Crippen LogP contribution in [-0.4, -0.2) is 11.7 Å². The van der Waals surface area contributed by atoms with Crippen molar-refractivity contribution >= 4 is 33.7 Å². The number of anilines is 2. The van der Waals surface area contributed by atoms with Crippen LogP contribution < -0.4 is 11.1 Å². The molecule has 0 saturated carbocycles. The molecule has 0 unspecified atom stereocenters. The van der Waals surface area contributed by atoms with Gasteiger partial charge in [0.05, 0.1) is 9.88 Å². The highest BCUT2D eigenvalue weighted by atomic mass is 32.1. The van der Waals surface area contributed by atoms with Gasteiger partial charge in [0.15, 0.2) is 5.78 Å². The molecule has 0 spiro atoms. The van der Waals surface area contributed by atoms with E-state index in [0.29, 0.717) is 10.4 Å². The zero-order chi connectivity index (χ0) is 13.1. The van der Waals surface area contributed by atoms with Gasteiger partial charge in [-0.05, 0) is 37.3 Å². The molecule has 1 amide bonds. The Morgan fingerprint density at radius 1 is 1.22 bits per heavy atom. The Morgan fingerprint density at radius 3 is 2.61 bits per heavy atom. The number of amides is 1. The lowest BCUT2D eigenvalue weighted by Crippen LogP contribution is -2.10. The lowest BCUT2D eigenvalue weighted by Gasteiger charge is -2.04. The van der Waals surface area contributed by atoms with Gasteiger partial charge in [0.25, 0.3) is 0 Å². The van der Waals surface area contributed by atoms with Crippen LogP contribution in [0.25, 0.3) is 0 Å². The van der Waals surface area contributed by atoms with Crippen molar-refractivity contribution in [2.24, 2.45) is 5.73 Å². The molecule has 0 bridgehead atoms. The maximum absolute atomic E-state index is 11.2. The van der Waals surface area contributed by atoms with Gasteiger partial charge in [0, 0.05) is 11.3 Å². The smallest absolute Gasteiger partial charge is 0.248 e. The highest BCUT2D eigenvalue weighted by Gasteiger charge is 2.05. The van der Waals surface area contributed by atoms with Crippen LogP contribution in [0.3, 0.4) is 0 Å². The second-order valence-electron chi connectivity index (χ2n) is 3.79.